The predicted octanol–water partition coefficient (Wildman–Crippen LogP) is 0.785. The minimum atomic E-state index is -3.09. The number of nitrogens with zero attached hydrogens (tertiary/aromatic N) is 1. The van der Waals surface area contributed by atoms with Crippen LogP contribution in [0.5, 0.6) is 0 Å². The molecule has 0 aliphatic carbocycles. The van der Waals surface area contributed by atoms with E-state index < -0.39 is 15.8 Å². The van der Waals surface area contributed by atoms with Crippen LogP contribution in [0.4, 0.5) is 0 Å². The molecule has 0 atom stereocenters. The Morgan fingerprint density at radius 1 is 1.67 bits per heavy atom. The van der Waals surface area contributed by atoms with Crippen LogP contribution in [-0.2, 0) is 20.4 Å². The number of carbonyl (C=O) groups is 1. The molecule has 0 saturated carbocycles. The van der Waals surface area contributed by atoms with E-state index in [4.69, 9.17) is 5.11 Å². The molecule has 15 heavy (non-hydrogen) atoms. The molecule has 82 valence electrons. The van der Waals surface area contributed by atoms with Crippen molar-refractivity contribution in [2.75, 3.05) is 6.26 Å². The Hall–Kier alpha value is -1.21. The van der Waals surface area contributed by atoms with Crippen molar-refractivity contribution in [2.24, 2.45) is 0 Å². The third-order valence-corrected chi connectivity index (χ3v) is 3.29. The predicted molar refractivity (Wildman–Crippen MR) is 57.3 cm³/mol. The fourth-order valence-corrected chi connectivity index (χ4v) is 2.87. The largest absolute Gasteiger partial charge is 0.478 e. The van der Waals surface area contributed by atoms with Crippen LogP contribution in [-0.4, -0.2) is 30.7 Å². The van der Waals surface area contributed by atoms with Crippen molar-refractivity contribution >= 4 is 33.2 Å². The van der Waals surface area contributed by atoms with Gasteiger partial charge in [-0.3, -0.25) is 0 Å². The summed E-state index contributed by atoms with van der Waals surface area (Å²) in [6.07, 6.45) is 4.94. The maximum atomic E-state index is 10.9. The van der Waals surface area contributed by atoms with E-state index in [-0.39, 0.29) is 5.75 Å². The van der Waals surface area contributed by atoms with Crippen molar-refractivity contribution in [1.82, 2.24) is 4.98 Å². The lowest BCUT2D eigenvalue weighted by atomic mass is 10.4. The molecule has 5 nitrogen and oxygen atoms in total. The molecule has 0 spiro atoms. The van der Waals surface area contributed by atoms with Crippen molar-refractivity contribution in [3.8, 4) is 0 Å². The highest BCUT2D eigenvalue weighted by molar-refractivity contribution is 7.90. The van der Waals surface area contributed by atoms with Crippen molar-refractivity contribution in [2.45, 2.75) is 5.75 Å². The summed E-state index contributed by atoms with van der Waals surface area (Å²) in [5, 5.41) is 8.83. The van der Waals surface area contributed by atoms with Gasteiger partial charge >= 0.3 is 5.97 Å². The second-order valence-electron chi connectivity index (χ2n) is 2.90. The number of thiazole rings is 1. The van der Waals surface area contributed by atoms with E-state index in [9.17, 15) is 13.2 Å². The zero-order chi connectivity index (χ0) is 11.5. The zero-order valence-corrected chi connectivity index (χ0v) is 9.51. The van der Waals surface area contributed by atoms with Gasteiger partial charge in [-0.25, -0.2) is 18.2 Å². The Morgan fingerprint density at radius 2 is 2.33 bits per heavy atom. The summed E-state index contributed by atoms with van der Waals surface area (Å²) in [5.74, 6) is -1.16. The summed E-state index contributed by atoms with van der Waals surface area (Å²) in [4.78, 5) is 14.7. The highest BCUT2D eigenvalue weighted by Crippen LogP contribution is 2.16. The van der Waals surface area contributed by atoms with E-state index in [2.05, 4.69) is 4.98 Å². The van der Waals surface area contributed by atoms with Crippen LogP contribution in [0.15, 0.2) is 12.3 Å². The molecule has 0 amide bonds. The van der Waals surface area contributed by atoms with Crippen molar-refractivity contribution in [3.63, 3.8) is 0 Å². The molecule has 1 rings (SSSR count). The molecule has 7 heteroatoms. The van der Waals surface area contributed by atoms with E-state index in [1.54, 1.807) is 0 Å². The highest BCUT2D eigenvalue weighted by Gasteiger charge is 2.07. The number of hydrogen-bond donors (Lipinski definition) is 1. The lowest BCUT2D eigenvalue weighted by molar-refractivity contribution is -0.131. The van der Waals surface area contributed by atoms with Gasteiger partial charge in [0.2, 0.25) is 0 Å². The molecule has 1 aromatic rings. The lowest BCUT2D eigenvalue weighted by Gasteiger charge is -1.90. The molecule has 1 heterocycles. The number of sulfone groups is 1. The molecular weight excluding hydrogens is 238 g/mol. The molecule has 0 aromatic carbocycles. The number of aliphatic carboxylic acids is 1. The molecule has 1 aromatic heterocycles. The first-order valence-corrected chi connectivity index (χ1v) is 6.78. The van der Waals surface area contributed by atoms with Crippen LogP contribution in [0.3, 0.4) is 0 Å². The standard InChI is InChI=1S/C8H9NO4S2/c1-15(12,13)5-7-9-4-6(14-7)2-3-8(10)11/h2-4H,5H2,1H3,(H,10,11)/b3-2+. The van der Waals surface area contributed by atoms with Crippen LogP contribution in [0.25, 0.3) is 6.08 Å². The minimum absolute atomic E-state index is 0.113. The molecule has 0 saturated heterocycles. The summed E-state index contributed by atoms with van der Waals surface area (Å²) in [6, 6.07) is 0. The first-order chi connectivity index (χ1) is 6.87. The number of carboxylic acid groups (broad SMARTS) is 1. The molecule has 0 unspecified atom stereocenters. The Bertz CT molecular complexity index is 486. The molecule has 0 bridgehead atoms. The number of aromatic nitrogens is 1. The van der Waals surface area contributed by atoms with Gasteiger partial charge in [-0.1, -0.05) is 0 Å². The van der Waals surface area contributed by atoms with E-state index >= 15 is 0 Å². The highest BCUT2D eigenvalue weighted by atomic mass is 32.2. The van der Waals surface area contributed by atoms with Gasteiger partial charge in [-0.15, -0.1) is 11.3 Å². The molecule has 1 N–H and O–H groups in total. The summed E-state index contributed by atoms with van der Waals surface area (Å²) in [5.41, 5.74) is 0. The Labute approximate surface area is 91.0 Å². The summed E-state index contributed by atoms with van der Waals surface area (Å²) in [7, 11) is -3.09. The van der Waals surface area contributed by atoms with Crippen LogP contribution < -0.4 is 0 Å². The molecule has 0 aliphatic rings. The normalized spacial score (nSPS) is 12.1. The monoisotopic (exact) mass is 247 g/mol. The van der Waals surface area contributed by atoms with Crippen molar-refractivity contribution in [3.05, 3.63) is 22.2 Å². The van der Waals surface area contributed by atoms with Crippen LogP contribution in [0, 0.1) is 0 Å². The van der Waals surface area contributed by atoms with E-state index in [0.29, 0.717) is 9.88 Å². The van der Waals surface area contributed by atoms with Gasteiger partial charge in [-0.2, -0.15) is 0 Å². The Morgan fingerprint density at radius 3 is 2.87 bits per heavy atom. The minimum Gasteiger partial charge on any atom is -0.478 e. The average molecular weight is 247 g/mol. The molecule has 0 aliphatic heterocycles. The van der Waals surface area contributed by atoms with Gasteiger partial charge in [-0.05, 0) is 6.08 Å². The van der Waals surface area contributed by atoms with Gasteiger partial charge in [0.25, 0.3) is 0 Å². The maximum absolute atomic E-state index is 10.9. The Balaban J connectivity index is 2.77. The summed E-state index contributed by atoms with van der Waals surface area (Å²) in [6.45, 7) is 0. The van der Waals surface area contributed by atoms with Gasteiger partial charge < -0.3 is 5.11 Å². The summed E-state index contributed by atoms with van der Waals surface area (Å²) < 4.78 is 21.9. The van der Waals surface area contributed by atoms with Gasteiger partial charge in [0.05, 0.1) is 0 Å². The second kappa shape index (κ2) is 4.54. The fraction of sp³-hybridized carbons (Fsp3) is 0.250. The third-order valence-electron chi connectivity index (χ3n) is 1.35. The van der Waals surface area contributed by atoms with Crippen LogP contribution in [0.1, 0.15) is 9.88 Å². The van der Waals surface area contributed by atoms with Crippen molar-refractivity contribution in [1.29, 1.82) is 0 Å². The van der Waals surface area contributed by atoms with Crippen LogP contribution >= 0.6 is 11.3 Å². The van der Waals surface area contributed by atoms with Gasteiger partial charge in [0.1, 0.15) is 10.8 Å². The average Bonchev–Trinajstić information content (AvgIpc) is 2.45. The lowest BCUT2D eigenvalue weighted by Crippen LogP contribution is -1.99. The third kappa shape index (κ3) is 4.71. The topological polar surface area (TPSA) is 84.3 Å². The molecule has 0 fully saturated rings. The number of hydrogen-bond acceptors (Lipinski definition) is 5. The van der Waals surface area contributed by atoms with E-state index in [0.717, 1.165) is 23.7 Å². The van der Waals surface area contributed by atoms with E-state index in [1.165, 1.54) is 12.3 Å². The van der Waals surface area contributed by atoms with Crippen molar-refractivity contribution < 1.29 is 18.3 Å². The zero-order valence-electron chi connectivity index (χ0n) is 7.87. The van der Waals surface area contributed by atoms with Crippen LogP contribution in [0.2, 0.25) is 0 Å². The smallest absolute Gasteiger partial charge is 0.328 e. The van der Waals surface area contributed by atoms with E-state index in [1.807, 2.05) is 0 Å². The second-order valence-corrected chi connectivity index (χ2v) is 6.18. The first kappa shape index (κ1) is 11.9. The SMILES string of the molecule is CS(=O)(=O)Cc1ncc(/C=C/C(=O)O)s1. The van der Waals surface area contributed by atoms with Gasteiger partial charge in [0.15, 0.2) is 9.84 Å². The number of carboxylic acids is 1. The first-order valence-electron chi connectivity index (χ1n) is 3.90. The maximum Gasteiger partial charge on any atom is 0.328 e. The Kier molecular flexibility index (Phi) is 3.59. The quantitative estimate of drug-likeness (QED) is 0.795. The molecule has 0 radical (unpaired) electrons. The summed E-state index contributed by atoms with van der Waals surface area (Å²) >= 11 is 1.16. The fourth-order valence-electron chi connectivity index (χ4n) is 0.846. The number of rotatable bonds is 4. The van der Waals surface area contributed by atoms with Gasteiger partial charge in [0, 0.05) is 23.4 Å². The molecular formula is C8H9NO4S2.